The number of carbonyl (C=O) groups is 2. The lowest BCUT2D eigenvalue weighted by molar-refractivity contribution is -0.120. The van der Waals surface area contributed by atoms with Crippen LogP contribution in [0.4, 0.5) is 4.79 Å². The predicted octanol–water partition coefficient (Wildman–Crippen LogP) is 3.23. The SMILES string of the molecule is Cc1cc(C)c(C)c(S[C@@H](C(=O)NC(N)=O)C(C)C)c1C. The van der Waals surface area contributed by atoms with Gasteiger partial charge in [0.25, 0.3) is 0 Å². The summed E-state index contributed by atoms with van der Waals surface area (Å²) < 4.78 is 0. The van der Waals surface area contributed by atoms with Crippen LogP contribution in [0.25, 0.3) is 0 Å². The maximum absolute atomic E-state index is 12.2. The molecule has 0 aromatic heterocycles. The molecule has 4 nitrogen and oxygen atoms in total. The molecule has 1 aromatic rings. The second kappa shape index (κ2) is 6.98. The zero-order valence-corrected chi connectivity index (χ0v) is 14.4. The molecular weight excluding hydrogens is 284 g/mol. The van der Waals surface area contributed by atoms with Crippen LogP contribution in [0.5, 0.6) is 0 Å². The average molecular weight is 308 g/mol. The molecule has 3 amide bonds. The highest BCUT2D eigenvalue weighted by Gasteiger charge is 2.26. The molecule has 116 valence electrons. The van der Waals surface area contributed by atoms with E-state index in [0.29, 0.717) is 0 Å². The molecule has 0 aliphatic rings. The van der Waals surface area contributed by atoms with E-state index in [0.717, 1.165) is 4.90 Å². The van der Waals surface area contributed by atoms with Crippen molar-refractivity contribution in [3.8, 4) is 0 Å². The summed E-state index contributed by atoms with van der Waals surface area (Å²) in [6.07, 6.45) is 0. The van der Waals surface area contributed by atoms with E-state index in [2.05, 4.69) is 39.1 Å². The second-order valence-corrected chi connectivity index (χ2v) is 6.88. The number of amides is 3. The van der Waals surface area contributed by atoms with Crippen molar-refractivity contribution in [3.05, 3.63) is 28.3 Å². The van der Waals surface area contributed by atoms with E-state index in [1.807, 2.05) is 13.8 Å². The highest BCUT2D eigenvalue weighted by molar-refractivity contribution is 8.00. The number of thioether (sulfide) groups is 1. The molecule has 0 saturated heterocycles. The van der Waals surface area contributed by atoms with Gasteiger partial charge in [0.05, 0.1) is 5.25 Å². The minimum Gasteiger partial charge on any atom is -0.351 e. The van der Waals surface area contributed by atoms with Crippen molar-refractivity contribution in [1.82, 2.24) is 5.32 Å². The normalized spacial score (nSPS) is 12.3. The number of urea groups is 1. The van der Waals surface area contributed by atoms with Crippen LogP contribution in [0.2, 0.25) is 0 Å². The zero-order chi connectivity index (χ0) is 16.3. The molecule has 21 heavy (non-hydrogen) atoms. The van der Waals surface area contributed by atoms with Gasteiger partial charge in [-0.15, -0.1) is 11.8 Å². The fraction of sp³-hybridized carbons (Fsp3) is 0.500. The molecule has 0 fully saturated rings. The zero-order valence-electron chi connectivity index (χ0n) is 13.5. The molecule has 3 N–H and O–H groups in total. The summed E-state index contributed by atoms with van der Waals surface area (Å²) >= 11 is 1.51. The first-order valence-corrected chi connectivity index (χ1v) is 7.87. The van der Waals surface area contributed by atoms with Gasteiger partial charge in [-0.2, -0.15) is 0 Å². The van der Waals surface area contributed by atoms with Crippen molar-refractivity contribution in [2.24, 2.45) is 11.7 Å². The number of hydrogen-bond donors (Lipinski definition) is 2. The van der Waals surface area contributed by atoms with E-state index >= 15 is 0 Å². The average Bonchev–Trinajstić information content (AvgIpc) is 2.35. The number of nitrogens with two attached hydrogens (primary N) is 1. The van der Waals surface area contributed by atoms with Crippen molar-refractivity contribution in [2.75, 3.05) is 0 Å². The van der Waals surface area contributed by atoms with Crippen molar-refractivity contribution in [1.29, 1.82) is 0 Å². The summed E-state index contributed by atoms with van der Waals surface area (Å²) in [6, 6.07) is 1.35. The Hall–Kier alpha value is -1.49. The first kappa shape index (κ1) is 17.6. The quantitative estimate of drug-likeness (QED) is 0.839. The molecule has 5 heteroatoms. The van der Waals surface area contributed by atoms with Gasteiger partial charge in [0.15, 0.2) is 0 Å². The maximum atomic E-state index is 12.2. The summed E-state index contributed by atoms with van der Waals surface area (Å²) in [6.45, 7) is 12.2. The summed E-state index contributed by atoms with van der Waals surface area (Å²) in [5, 5.41) is 1.84. The number of hydrogen-bond acceptors (Lipinski definition) is 3. The number of aryl methyl sites for hydroxylation is 2. The van der Waals surface area contributed by atoms with Crippen molar-refractivity contribution >= 4 is 23.7 Å². The van der Waals surface area contributed by atoms with Gasteiger partial charge in [-0.25, -0.2) is 4.79 Å². The summed E-state index contributed by atoms with van der Waals surface area (Å²) in [7, 11) is 0. The van der Waals surface area contributed by atoms with E-state index < -0.39 is 6.03 Å². The number of nitrogens with one attached hydrogen (secondary N) is 1. The third kappa shape index (κ3) is 4.24. The lowest BCUT2D eigenvalue weighted by Crippen LogP contribution is -2.42. The summed E-state index contributed by atoms with van der Waals surface area (Å²) in [4.78, 5) is 24.2. The maximum Gasteiger partial charge on any atom is 0.318 e. The minimum atomic E-state index is -0.805. The van der Waals surface area contributed by atoms with Gasteiger partial charge in [-0.1, -0.05) is 19.9 Å². The van der Waals surface area contributed by atoms with Gasteiger partial charge in [0.2, 0.25) is 5.91 Å². The van der Waals surface area contributed by atoms with Gasteiger partial charge >= 0.3 is 6.03 Å². The Morgan fingerprint density at radius 3 is 1.95 bits per heavy atom. The van der Waals surface area contributed by atoms with E-state index in [-0.39, 0.29) is 17.1 Å². The van der Waals surface area contributed by atoms with Crippen LogP contribution < -0.4 is 11.1 Å². The van der Waals surface area contributed by atoms with Crippen molar-refractivity contribution < 1.29 is 9.59 Å². The van der Waals surface area contributed by atoms with E-state index in [1.165, 1.54) is 34.0 Å². The second-order valence-electron chi connectivity index (χ2n) is 5.73. The smallest absolute Gasteiger partial charge is 0.318 e. The van der Waals surface area contributed by atoms with Crippen LogP contribution in [-0.2, 0) is 4.79 Å². The molecule has 0 saturated carbocycles. The monoisotopic (exact) mass is 308 g/mol. The number of benzene rings is 1. The highest BCUT2D eigenvalue weighted by Crippen LogP contribution is 2.36. The summed E-state index contributed by atoms with van der Waals surface area (Å²) in [5.41, 5.74) is 9.83. The predicted molar refractivity (Wildman–Crippen MR) is 87.6 cm³/mol. The Balaban J connectivity index is 3.16. The number of rotatable bonds is 4. The summed E-state index contributed by atoms with van der Waals surface area (Å²) in [5.74, 6) is -0.241. The van der Waals surface area contributed by atoms with Gasteiger partial charge in [-0.3, -0.25) is 10.1 Å². The highest BCUT2D eigenvalue weighted by atomic mass is 32.2. The molecule has 0 bridgehead atoms. The first-order valence-electron chi connectivity index (χ1n) is 6.99. The fourth-order valence-corrected chi connectivity index (χ4v) is 3.54. The molecule has 0 spiro atoms. The van der Waals surface area contributed by atoms with Gasteiger partial charge in [0.1, 0.15) is 0 Å². The molecule has 1 atom stereocenters. The van der Waals surface area contributed by atoms with Crippen molar-refractivity contribution in [2.45, 2.75) is 51.7 Å². The van der Waals surface area contributed by atoms with Crippen LogP contribution >= 0.6 is 11.8 Å². The molecule has 0 heterocycles. The van der Waals surface area contributed by atoms with E-state index in [4.69, 9.17) is 5.73 Å². The Bertz CT molecular complexity index is 542. The molecule has 0 unspecified atom stereocenters. The minimum absolute atomic E-state index is 0.0916. The van der Waals surface area contributed by atoms with Crippen LogP contribution in [-0.4, -0.2) is 17.2 Å². The van der Waals surface area contributed by atoms with Crippen molar-refractivity contribution in [3.63, 3.8) is 0 Å². The Morgan fingerprint density at radius 1 is 1.10 bits per heavy atom. The third-order valence-corrected chi connectivity index (χ3v) is 5.51. The van der Waals surface area contributed by atoms with Gasteiger partial charge in [0, 0.05) is 4.90 Å². The van der Waals surface area contributed by atoms with Crippen LogP contribution in [0, 0.1) is 33.6 Å². The molecular formula is C16H24N2O2S. The van der Waals surface area contributed by atoms with E-state index in [9.17, 15) is 9.59 Å². The largest absolute Gasteiger partial charge is 0.351 e. The Kier molecular flexibility index (Phi) is 5.84. The van der Waals surface area contributed by atoms with Gasteiger partial charge in [-0.05, 0) is 55.9 Å². The third-order valence-electron chi connectivity index (χ3n) is 3.65. The molecule has 0 radical (unpaired) electrons. The Labute approximate surface area is 130 Å². The number of carbonyl (C=O) groups excluding carboxylic acids is 2. The Morgan fingerprint density at radius 2 is 1.57 bits per heavy atom. The molecule has 1 aromatic carbocycles. The van der Waals surface area contributed by atoms with Crippen LogP contribution in [0.15, 0.2) is 11.0 Å². The molecule has 1 rings (SSSR count). The lowest BCUT2D eigenvalue weighted by Gasteiger charge is -2.22. The van der Waals surface area contributed by atoms with Crippen LogP contribution in [0.1, 0.15) is 36.1 Å². The lowest BCUT2D eigenvalue weighted by atomic mass is 10.0. The molecule has 0 aliphatic carbocycles. The number of primary amides is 1. The number of imide groups is 1. The van der Waals surface area contributed by atoms with Gasteiger partial charge < -0.3 is 5.73 Å². The van der Waals surface area contributed by atoms with E-state index in [1.54, 1.807) is 0 Å². The first-order chi connectivity index (χ1) is 9.65. The fourth-order valence-electron chi connectivity index (χ4n) is 2.17. The van der Waals surface area contributed by atoms with Crippen LogP contribution in [0.3, 0.4) is 0 Å². The topological polar surface area (TPSA) is 72.2 Å². The standard InChI is InChI=1S/C16H24N2O2S/c1-8(2)13(15(19)18-16(17)20)21-14-11(5)9(3)7-10(4)12(14)6/h7-8,13H,1-6H3,(H3,17,18,19,20)/t13-/m1/s1. The molecule has 0 aliphatic heterocycles.